The van der Waals surface area contributed by atoms with Gasteiger partial charge in [0.1, 0.15) is 11.6 Å². The first-order chi connectivity index (χ1) is 24.3. The maximum atomic E-state index is 12.2. The van der Waals surface area contributed by atoms with Crippen LogP contribution in [0.4, 0.5) is 0 Å². The molecule has 50 heavy (non-hydrogen) atoms. The number of nitrogens with zero attached hydrogens (tertiary/aromatic N) is 6. The van der Waals surface area contributed by atoms with E-state index in [9.17, 15) is 14.7 Å². The third-order valence-corrected chi connectivity index (χ3v) is 8.48. The number of carbonyl (C=O) groups is 2. The minimum absolute atomic E-state index is 0.0658. The highest BCUT2D eigenvalue weighted by Gasteiger charge is 2.19. The summed E-state index contributed by atoms with van der Waals surface area (Å²) < 4.78 is 8.87. The quantitative estimate of drug-likeness (QED) is 0.165. The molecule has 8 aromatic rings. The Morgan fingerprint density at radius 1 is 0.700 bits per heavy atom. The first kappa shape index (κ1) is 32.7. The molecule has 0 atom stereocenters. The summed E-state index contributed by atoms with van der Waals surface area (Å²) >= 11 is 12.1. The van der Waals surface area contributed by atoms with Crippen molar-refractivity contribution in [2.24, 2.45) is 0 Å². The third kappa shape index (κ3) is 6.71. The van der Waals surface area contributed by atoms with Crippen LogP contribution in [-0.4, -0.2) is 52.4 Å². The van der Waals surface area contributed by atoms with Gasteiger partial charge in [0.25, 0.3) is 0 Å². The number of imidazole rings is 2. The Labute approximate surface area is 295 Å². The number of hydrogen-bond acceptors (Lipinski definition) is 7. The fraction of sp³-hybridized carbons (Fsp3) is 0.105. The number of carbonyl (C=O) groups excluding carboxylic acids is 1. The van der Waals surface area contributed by atoms with Crippen molar-refractivity contribution in [1.82, 2.24) is 28.7 Å². The summed E-state index contributed by atoms with van der Waals surface area (Å²) in [5, 5.41) is 12.4. The van der Waals surface area contributed by atoms with Gasteiger partial charge in [0.15, 0.2) is 11.4 Å². The fourth-order valence-electron chi connectivity index (χ4n) is 5.85. The van der Waals surface area contributed by atoms with Gasteiger partial charge < -0.3 is 18.6 Å². The van der Waals surface area contributed by atoms with E-state index in [4.69, 9.17) is 27.9 Å². The van der Waals surface area contributed by atoms with E-state index < -0.39 is 11.9 Å². The lowest BCUT2D eigenvalue weighted by atomic mass is 10.1. The van der Waals surface area contributed by atoms with E-state index in [1.807, 2.05) is 94.0 Å². The summed E-state index contributed by atoms with van der Waals surface area (Å²) in [4.78, 5) is 41.0. The number of carboxylic acid groups (broad SMARTS) is 1. The van der Waals surface area contributed by atoms with Gasteiger partial charge in [-0.3, -0.25) is 9.97 Å². The molecule has 2 aromatic carbocycles. The SMILES string of the molecule is CCOC(=O)c1nc(Cc2ccc3ncc(Cl)cc3c2)n2ccccc12.O=C(O)c1nc(Cc2ccc3ncc(Cl)cc3c2)n2ccccc12. The van der Waals surface area contributed by atoms with Crippen molar-refractivity contribution < 1.29 is 19.4 Å². The molecule has 0 saturated heterocycles. The van der Waals surface area contributed by atoms with Crippen LogP contribution in [0, 0.1) is 0 Å². The highest BCUT2D eigenvalue weighted by Crippen LogP contribution is 2.23. The number of aromatic nitrogens is 6. The Hall–Kier alpha value is -5.84. The molecular weight excluding hydrogens is 675 g/mol. The summed E-state index contributed by atoms with van der Waals surface area (Å²) in [5.41, 5.74) is 5.56. The minimum Gasteiger partial charge on any atom is -0.476 e. The summed E-state index contributed by atoms with van der Waals surface area (Å²) in [6.45, 7) is 2.10. The molecular formula is C38H28Cl2N6O4. The van der Waals surface area contributed by atoms with Crippen LogP contribution in [0.1, 0.15) is 50.7 Å². The smallest absolute Gasteiger partial charge is 0.359 e. The molecule has 0 aliphatic carbocycles. The third-order valence-electron chi connectivity index (χ3n) is 8.06. The Bertz CT molecular complexity index is 2560. The van der Waals surface area contributed by atoms with Gasteiger partial charge in [0.2, 0.25) is 0 Å². The van der Waals surface area contributed by atoms with Crippen LogP contribution < -0.4 is 0 Å². The van der Waals surface area contributed by atoms with Crippen LogP contribution in [0.5, 0.6) is 0 Å². The van der Waals surface area contributed by atoms with Crippen LogP contribution in [0.2, 0.25) is 10.0 Å². The summed E-state index contributed by atoms with van der Waals surface area (Å²) in [5.74, 6) is 0.0201. The largest absolute Gasteiger partial charge is 0.476 e. The average Bonchev–Trinajstić information content (AvgIpc) is 3.67. The van der Waals surface area contributed by atoms with Crippen LogP contribution in [-0.2, 0) is 17.6 Å². The van der Waals surface area contributed by atoms with Gasteiger partial charge in [-0.2, -0.15) is 0 Å². The number of fused-ring (bicyclic) bond motifs is 4. The van der Waals surface area contributed by atoms with Crippen LogP contribution in [0.3, 0.4) is 0 Å². The summed E-state index contributed by atoms with van der Waals surface area (Å²) in [6.07, 6.45) is 8.07. The van der Waals surface area contributed by atoms with Crippen molar-refractivity contribution in [2.45, 2.75) is 19.8 Å². The Kier molecular flexibility index (Phi) is 9.12. The Balaban J connectivity index is 0.000000157. The molecule has 10 nitrogen and oxygen atoms in total. The summed E-state index contributed by atoms with van der Waals surface area (Å²) in [7, 11) is 0. The zero-order valence-corrected chi connectivity index (χ0v) is 28.1. The van der Waals surface area contributed by atoms with Crippen LogP contribution in [0.25, 0.3) is 32.8 Å². The van der Waals surface area contributed by atoms with Gasteiger partial charge in [-0.25, -0.2) is 19.6 Å². The molecule has 6 aromatic heterocycles. The fourth-order valence-corrected chi connectivity index (χ4v) is 6.19. The molecule has 0 bridgehead atoms. The van der Waals surface area contributed by atoms with Crippen molar-refractivity contribution in [3.63, 3.8) is 0 Å². The van der Waals surface area contributed by atoms with E-state index in [0.29, 0.717) is 46.5 Å². The van der Waals surface area contributed by atoms with Crippen molar-refractivity contribution in [2.75, 3.05) is 6.61 Å². The Morgan fingerprint density at radius 3 is 1.70 bits per heavy atom. The predicted molar refractivity (Wildman–Crippen MR) is 192 cm³/mol. The van der Waals surface area contributed by atoms with E-state index in [0.717, 1.165) is 44.3 Å². The summed E-state index contributed by atoms with van der Waals surface area (Å²) in [6, 6.07) is 26.7. The molecule has 6 heterocycles. The Morgan fingerprint density at radius 2 is 1.20 bits per heavy atom. The second kappa shape index (κ2) is 13.9. The molecule has 0 aliphatic rings. The molecule has 248 valence electrons. The lowest BCUT2D eigenvalue weighted by Gasteiger charge is -2.04. The number of aromatic carboxylic acids is 1. The first-order valence-electron chi connectivity index (χ1n) is 15.7. The second-order valence-electron chi connectivity index (χ2n) is 11.4. The lowest BCUT2D eigenvalue weighted by Crippen LogP contribution is -2.05. The zero-order valence-electron chi connectivity index (χ0n) is 26.6. The van der Waals surface area contributed by atoms with Gasteiger partial charge in [-0.05, 0) is 78.7 Å². The molecule has 0 fully saturated rings. The molecule has 12 heteroatoms. The number of pyridine rings is 4. The van der Waals surface area contributed by atoms with Crippen molar-refractivity contribution in [3.8, 4) is 0 Å². The average molecular weight is 704 g/mol. The van der Waals surface area contributed by atoms with Gasteiger partial charge >= 0.3 is 11.9 Å². The second-order valence-corrected chi connectivity index (χ2v) is 12.3. The first-order valence-corrected chi connectivity index (χ1v) is 16.4. The predicted octanol–water partition coefficient (Wildman–Crippen LogP) is 8.13. The molecule has 0 radical (unpaired) electrons. The van der Waals surface area contributed by atoms with Crippen molar-refractivity contribution >= 4 is 68.0 Å². The molecule has 0 aliphatic heterocycles. The van der Waals surface area contributed by atoms with Crippen molar-refractivity contribution in [3.05, 3.63) is 154 Å². The van der Waals surface area contributed by atoms with E-state index >= 15 is 0 Å². The van der Waals surface area contributed by atoms with E-state index in [-0.39, 0.29) is 5.69 Å². The maximum Gasteiger partial charge on any atom is 0.359 e. The normalized spacial score (nSPS) is 11.2. The van der Waals surface area contributed by atoms with E-state index in [1.54, 1.807) is 31.5 Å². The number of esters is 1. The van der Waals surface area contributed by atoms with Crippen LogP contribution >= 0.6 is 23.2 Å². The standard InChI is InChI=1S/C20H16ClN3O2.C18H12ClN3O2/c1-2-26-20(25)19-17-5-3-4-8-24(17)18(23-19)10-13-6-7-16-14(9-13)11-15(21)12-22-16;19-13-9-12-7-11(4-5-14(12)20-10-13)8-16-21-17(18(23)24)15-3-1-2-6-22(15)16/h3-9,11-12H,2,10H2,1H3;1-7,9-10H,8H2,(H,23,24). The minimum atomic E-state index is -1.03. The van der Waals surface area contributed by atoms with Crippen LogP contribution in [0.15, 0.2) is 110 Å². The molecule has 1 N–H and O–H groups in total. The number of carboxylic acids is 1. The zero-order chi connectivity index (χ0) is 34.8. The molecule has 0 saturated carbocycles. The monoisotopic (exact) mass is 702 g/mol. The molecule has 8 rings (SSSR count). The topological polar surface area (TPSA) is 124 Å². The van der Waals surface area contributed by atoms with Crippen molar-refractivity contribution in [1.29, 1.82) is 0 Å². The molecule has 0 amide bonds. The molecule has 0 spiro atoms. The highest BCUT2D eigenvalue weighted by molar-refractivity contribution is 6.31. The van der Waals surface area contributed by atoms with E-state index in [1.165, 1.54) is 0 Å². The van der Waals surface area contributed by atoms with Gasteiger partial charge in [0, 0.05) is 48.4 Å². The molecule has 0 unspecified atom stereocenters. The lowest BCUT2D eigenvalue weighted by molar-refractivity contribution is 0.0521. The maximum absolute atomic E-state index is 12.2. The number of benzene rings is 2. The number of rotatable bonds is 7. The van der Waals surface area contributed by atoms with E-state index in [2.05, 4.69) is 19.9 Å². The van der Waals surface area contributed by atoms with Gasteiger partial charge in [-0.15, -0.1) is 0 Å². The van der Waals surface area contributed by atoms with Gasteiger partial charge in [0.05, 0.1) is 38.7 Å². The number of halogens is 2. The highest BCUT2D eigenvalue weighted by atomic mass is 35.5. The van der Waals surface area contributed by atoms with Gasteiger partial charge in [-0.1, -0.05) is 47.5 Å². The number of ether oxygens (including phenoxy) is 1. The number of hydrogen-bond donors (Lipinski definition) is 1.